The fourth-order valence-corrected chi connectivity index (χ4v) is 4.74. The largest absolute Gasteiger partial charge is 0.267 e. The number of benzene rings is 2. The van der Waals surface area contributed by atoms with E-state index in [0.29, 0.717) is 34.3 Å². The van der Waals surface area contributed by atoms with E-state index in [9.17, 15) is 8.42 Å². The average molecular weight is 383 g/mol. The van der Waals surface area contributed by atoms with Gasteiger partial charge in [-0.1, -0.05) is 75.4 Å². The fourth-order valence-electron chi connectivity index (χ4n) is 3.22. The summed E-state index contributed by atoms with van der Waals surface area (Å²) in [4.78, 5) is 4.89. The predicted molar refractivity (Wildman–Crippen MR) is 112 cm³/mol. The van der Waals surface area contributed by atoms with E-state index < -0.39 is 10.0 Å². The zero-order valence-corrected chi connectivity index (χ0v) is 17.0. The fraction of sp³-hybridized carbons (Fsp3) is 0.318. The molecule has 0 bridgehead atoms. The van der Waals surface area contributed by atoms with Gasteiger partial charge in [0.15, 0.2) is 0 Å². The monoisotopic (exact) mass is 382 g/mol. The molecule has 1 aliphatic rings. The number of sulfonamides is 1. The third kappa shape index (κ3) is 4.14. The van der Waals surface area contributed by atoms with Gasteiger partial charge in [-0.3, -0.25) is 9.71 Å². The molecule has 0 aliphatic carbocycles. The first-order valence-corrected chi connectivity index (χ1v) is 10.7. The Kier molecular flexibility index (Phi) is 5.51. The van der Waals surface area contributed by atoms with Crippen molar-refractivity contribution in [2.24, 2.45) is 4.99 Å². The summed E-state index contributed by atoms with van der Waals surface area (Å²) in [5.41, 5.74) is 3.75. The molecule has 0 saturated heterocycles. The van der Waals surface area contributed by atoms with Crippen LogP contribution in [0.2, 0.25) is 0 Å². The second-order valence-electron chi connectivity index (χ2n) is 7.34. The molecule has 0 aromatic heterocycles. The first-order valence-electron chi connectivity index (χ1n) is 9.23. The standard InChI is InChI=1S/C22H26N2O2S/c1-15(2)18-10-12-20(13-11-18)21-17(4)22(24-27(21,25)26)23-14-16(3)19-8-6-5-7-9-19/h5-13,15-16H,14H2,1-4H3,(H,23,24). The van der Waals surface area contributed by atoms with Gasteiger partial charge in [-0.2, -0.15) is 0 Å². The summed E-state index contributed by atoms with van der Waals surface area (Å²) in [6, 6.07) is 17.8. The van der Waals surface area contributed by atoms with Crippen molar-refractivity contribution in [2.45, 2.75) is 39.5 Å². The Morgan fingerprint density at radius 3 is 2.15 bits per heavy atom. The Balaban J connectivity index is 1.88. The van der Waals surface area contributed by atoms with Crippen LogP contribution in [0.15, 0.2) is 65.2 Å². The Bertz CT molecular complexity index is 973. The Morgan fingerprint density at radius 1 is 0.926 bits per heavy atom. The summed E-state index contributed by atoms with van der Waals surface area (Å²) in [6.45, 7) is 8.67. The van der Waals surface area contributed by atoms with Crippen molar-refractivity contribution < 1.29 is 8.42 Å². The van der Waals surface area contributed by atoms with Crippen LogP contribution in [-0.4, -0.2) is 20.8 Å². The third-order valence-corrected chi connectivity index (χ3v) is 6.47. The molecular weight excluding hydrogens is 356 g/mol. The number of nitrogens with zero attached hydrogens (tertiary/aromatic N) is 1. The van der Waals surface area contributed by atoms with Crippen LogP contribution < -0.4 is 4.72 Å². The quantitative estimate of drug-likeness (QED) is 0.816. The SMILES string of the molecule is CC1=C(c2ccc(C(C)C)cc2)S(=O)(=O)NC1=NCC(C)c1ccccc1. The lowest BCUT2D eigenvalue weighted by atomic mass is 10.0. The molecule has 1 heterocycles. The highest BCUT2D eigenvalue weighted by molar-refractivity contribution is 8.00. The van der Waals surface area contributed by atoms with Crippen LogP contribution in [0.1, 0.15) is 56.2 Å². The summed E-state index contributed by atoms with van der Waals surface area (Å²) in [5, 5.41) is 0. The minimum Gasteiger partial charge on any atom is -0.267 e. The van der Waals surface area contributed by atoms with Gasteiger partial charge in [0.1, 0.15) is 10.7 Å². The molecule has 1 atom stereocenters. The maximum Gasteiger partial charge on any atom is 0.264 e. The summed E-state index contributed by atoms with van der Waals surface area (Å²) in [5.74, 6) is 1.06. The second kappa shape index (κ2) is 7.69. The molecule has 4 nitrogen and oxygen atoms in total. The Hall–Kier alpha value is -2.40. The van der Waals surface area contributed by atoms with Gasteiger partial charge in [-0.25, -0.2) is 8.42 Å². The van der Waals surface area contributed by atoms with Crippen molar-refractivity contribution in [3.05, 3.63) is 76.9 Å². The molecule has 1 unspecified atom stereocenters. The lowest BCUT2D eigenvalue weighted by Gasteiger charge is -2.09. The zero-order chi connectivity index (χ0) is 19.6. The van der Waals surface area contributed by atoms with Crippen molar-refractivity contribution in [3.63, 3.8) is 0 Å². The first-order chi connectivity index (χ1) is 12.8. The number of rotatable bonds is 5. The van der Waals surface area contributed by atoms with Gasteiger partial charge in [0.05, 0.1) is 0 Å². The maximum atomic E-state index is 12.7. The molecule has 0 radical (unpaired) electrons. The van der Waals surface area contributed by atoms with Crippen LogP contribution in [0.25, 0.3) is 4.91 Å². The molecule has 2 aromatic carbocycles. The van der Waals surface area contributed by atoms with Crippen LogP contribution in [0.5, 0.6) is 0 Å². The molecule has 1 N–H and O–H groups in total. The van der Waals surface area contributed by atoms with Crippen LogP contribution in [-0.2, 0) is 10.0 Å². The van der Waals surface area contributed by atoms with Gasteiger partial charge in [0.2, 0.25) is 0 Å². The molecule has 0 amide bonds. The summed E-state index contributed by atoms with van der Waals surface area (Å²) in [7, 11) is -3.59. The number of aliphatic imine (C=N–C) groups is 1. The highest BCUT2D eigenvalue weighted by Crippen LogP contribution is 2.31. The molecule has 0 saturated carbocycles. The van der Waals surface area contributed by atoms with Crippen LogP contribution in [0, 0.1) is 0 Å². The van der Waals surface area contributed by atoms with Crippen molar-refractivity contribution >= 4 is 20.8 Å². The number of hydrogen-bond donors (Lipinski definition) is 1. The molecule has 5 heteroatoms. The molecule has 0 fully saturated rings. The van der Waals surface area contributed by atoms with Gasteiger partial charge in [-0.05, 0) is 29.5 Å². The lowest BCUT2D eigenvalue weighted by Crippen LogP contribution is -2.24. The average Bonchev–Trinajstić information content (AvgIpc) is 2.88. The van der Waals surface area contributed by atoms with E-state index in [1.165, 1.54) is 11.1 Å². The van der Waals surface area contributed by atoms with E-state index in [1.54, 1.807) is 0 Å². The van der Waals surface area contributed by atoms with Gasteiger partial charge in [0.25, 0.3) is 10.0 Å². The summed E-state index contributed by atoms with van der Waals surface area (Å²) < 4.78 is 28.0. The van der Waals surface area contributed by atoms with E-state index in [4.69, 9.17) is 0 Å². The smallest absolute Gasteiger partial charge is 0.264 e. The second-order valence-corrected chi connectivity index (χ2v) is 8.96. The molecule has 2 aromatic rings. The van der Waals surface area contributed by atoms with Crippen molar-refractivity contribution in [3.8, 4) is 0 Å². The number of hydrogen-bond acceptors (Lipinski definition) is 3. The minimum absolute atomic E-state index is 0.213. The van der Waals surface area contributed by atoms with Gasteiger partial charge >= 0.3 is 0 Å². The highest BCUT2D eigenvalue weighted by atomic mass is 32.2. The number of nitrogens with one attached hydrogen (secondary N) is 1. The molecule has 0 spiro atoms. The van der Waals surface area contributed by atoms with E-state index in [0.717, 1.165) is 0 Å². The predicted octanol–water partition coefficient (Wildman–Crippen LogP) is 4.68. The minimum atomic E-state index is -3.59. The van der Waals surface area contributed by atoms with E-state index in [2.05, 4.69) is 42.6 Å². The van der Waals surface area contributed by atoms with Crippen molar-refractivity contribution in [1.29, 1.82) is 0 Å². The number of amidine groups is 1. The molecular formula is C22H26N2O2S. The van der Waals surface area contributed by atoms with E-state index in [1.807, 2.05) is 49.4 Å². The normalized spacial score (nSPS) is 18.8. The van der Waals surface area contributed by atoms with Gasteiger partial charge < -0.3 is 0 Å². The van der Waals surface area contributed by atoms with E-state index >= 15 is 0 Å². The molecule has 3 rings (SSSR count). The molecule has 1 aliphatic heterocycles. The van der Waals surface area contributed by atoms with Crippen molar-refractivity contribution in [1.82, 2.24) is 4.72 Å². The third-order valence-electron chi connectivity index (χ3n) is 4.93. The Labute approximate surface area is 162 Å². The lowest BCUT2D eigenvalue weighted by molar-refractivity contribution is 0.603. The zero-order valence-electron chi connectivity index (χ0n) is 16.2. The first kappa shape index (κ1) is 19.4. The highest BCUT2D eigenvalue weighted by Gasteiger charge is 2.32. The molecule has 142 valence electrons. The topological polar surface area (TPSA) is 58.5 Å². The molecule has 27 heavy (non-hydrogen) atoms. The summed E-state index contributed by atoms with van der Waals surface area (Å²) in [6.07, 6.45) is 0. The van der Waals surface area contributed by atoms with Crippen molar-refractivity contribution in [2.75, 3.05) is 6.54 Å². The maximum absolute atomic E-state index is 12.7. The van der Waals surface area contributed by atoms with Gasteiger partial charge in [0, 0.05) is 18.0 Å². The van der Waals surface area contributed by atoms with Crippen LogP contribution >= 0.6 is 0 Å². The Morgan fingerprint density at radius 2 is 1.56 bits per heavy atom. The van der Waals surface area contributed by atoms with Crippen LogP contribution in [0.3, 0.4) is 0 Å². The van der Waals surface area contributed by atoms with Gasteiger partial charge in [-0.15, -0.1) is 0 Å². The summed E-state index contributed by atoms with van der Waals surface area (Å²) >= 11 is 0. The van der Waals surface area contributed by atoms with E-state index in [-0.39, 0.29) is 5.92 Å². The van der Waals surface area contributed by atoms with Crippen LogP contribution in [0.4, 0.5) is 0 Å².